The van der Waals surface area contributed by atoms with Crippen LogP contribution < -0.4 is 5.32 Å². The molecule has 0 radical (unpaired) electrons. The quantitative estimate of drug-likeness (QED) is 0.738. The molecule has 2 heteroatoms. The van der Waals surface area contributed by atoms with Crippen LogP contribution in [0.4, 0.5) is 0 Å². The number of rotatable bonds is 4. The van der Waals surface area contributed by atoms with Gasteiger partial charge in [-0.05, 0) is 12.1 Å². The average Bonchev–Trinajstić information content (AvgIpc) is 2.05. The van der Waals surface area contributed by atoms with Crippen molar-refractivity contribution in [3.63, 3.8) is 0 Å². The van der Waals surface area contributed by atoms with E-state index in [0.29, 0.717) is 6.04 Å². The lowest BCUT2D eigenvalue weighted by Crippen LogP contribution is -2.25. The van der Waals surface area contributed by atoms with Crippen LogP contribution in [0, 0.1) is 0 Å². The first kappa shape index (κ1) is 9.20. The summed E-state index contributed by atoms with van der Waals surface area (Å²) in [5, 5.41) is 3.35. The second-order valence-corrected chi connectivity index (χ2v) is 3.18. The van der Waals surface area contributed by atoms with Gasteiger partial charge in [0.1, 0.15) is 0 Å². The summed E-state index contributed by atoms with van der Waals surface area (Å²) in [7, 11) is 0. The van der Waals surface area contributed by atoms with Crippen molar-refractivity contribution in [1.29, 1.82) is 0 Å². The average molecular weight is 166 g/mol. The SMILES string of the molecule is CC(C)NCCc1ccccn1.[HH]. The summed E-state index contributed by atoms with van der Waals surface area (Å²) in [6, 6.07) is 6.59. The molecule has 0 aliphatic carbocycles. The number of nitrogens with one attached hydrogen (secondary N) is 1. The Bertz CT molecular complexity index is 211. The Balaban J connectivity index is 0.00000144. The van der Waals surface area contributed by atoms with E-state index in [-0.39, 0.29) is 1.43 Å². The molecule has 1 N–H and O–H groups in total. The van der Waals surface area contributed by atoms with Gasteiger partial charge in [-0.15, -0.1) is 0 Å². The van der Waals surface area contributed by atoms with Gasteiger partial charge < -0.3 is 5.32 Å². The van der Waals surface area contributed by atoms with Crippen LogP contribution in [0.3, 0.4) is 0 Å². The lowest BCUT2D eigenvalue weighted by molar-refractivity contribution is 0.587. The van der Waals surface area contributed by atoms with Gasteiger partial charge in [0.15, 0.2) is 0 Å². The Labute approximate surface area is 75.5 Å². The molecule has 0 bridgehead atoms. The molecule has 0 aromatic carbocycles. The monoisotopic (exact) mass is 166 g/mol. The molecule has 0 atom stereocenters. The predicted molar refractivity (Wildman–Crippen MR) is 53.2 cm³/mol. The summed E-state index contributed by atoms with van der Waals surface area (Å²) in [6.07, 6.45) is 2.85. The van der Waals surface area contributed by atoms with Crippen molar-refractivity contribution in [2.75, 3.05) is 6.54 Å². The topological polar surface area (TPSA) is 24.9 Å². The molecule has 0 unspecified atom stereocenters. The maximum Gasteiger partial charge on any atom is 0.0416 e. The van der Waals surface area contributed by atoms with Gasteiger partial charge in [-0.25, -0.2) is 0 Å². The minimum absolute atomic E-state index is 0. The Morgan fingerprint density at radius 2 is 2.33 bits per heavy atom. The largest absolute Gasteiger partial charge is 0.314 e. The van der Waals surface area contributed by atoms with Crippen LogP contribution in [0.5, 0.6) is 0 Å². The molecule has 68 valence electrons. The summed E-state index contributed by atoms with van der Waals surface area (Å²) in [4.78, 5) is 4.24. The Morgan fingerprint density at radius 3 is 2.92 bits per heavy atom. The van der Waals surface area contributed by atoms with E-state index < -0.39 is 0 Å². The van der Waals surface area contributed by atoms with E-state index in [9.17, 15) is 0 Å². The fraction of sp³-hybridized carbons (Fsp3) is 0.500. The molecule has 0 amide bonds. The summed E-state index contributed by atoms with van der Waals surface area (Å²) < 4.78 is 0. The first-order chi connectivity index (χ1) is 5.79. The lowest BCUT2D eigenvalue weighted by Gasteiger charge is -2.06. The van der Waals surface area contributed by atoms with Crippen molar-refractivity contribution in [1.82, 2.24) is 10.3 Å². The van der Waals surface area contributed by atoms with Gasteiger partial charge in [0.25, 0.3) is 0 Å². The van der Waals surface area contributed by atoms with E-state index in [1.54, 1.807) is 0 Å². The number of hydrogen-bond acceptors (Lipinski definition) is 2. The van der Waals surface area contributed by atoms with Crippen LogP contribution >= 0.6 is 0 Å². The zero-order valence-electron chi connectivity index (χ0n) is 7.75. The summed E-state index contributed by atoms with van der Waals surface area (Å²) >= 11 is 0. The van der Waals surface area contributed by atoms with Crippen LogP contribution in [0.1, 0.15) is 21.0 Å². The molecule has 1 heterocycles. The number of pyridine rings is 1. The molecule has 1 aromatic rings. The lowest BCUT2D eigenvalue weighted by atomic mass is 10.2. The van der Waals surface area contributed by atoms with Crippen molar-refractivity contribution in [2.45, 2.75) is 26.3 Å². The number of nitrogens with zero attached hydrogens (tertiary/aromatic N) is 1. The molecule has 12 heavy (non-hydrogen) atoms. The standard InChI is InChI=1S/C10H16N2.H2/c1-9(2)11-8-6-10-5-3-4-7-12-10;/h3-5,7,9,11H,6,8H2,1-2H3;1H. The second-order valence-electron chi connectivity index (χ2n) is 3.18. The van der Waals surface area contributed by atoms with E-state index in [1.807, 2.05) is 18.3 Å². The Hall–Kier alpha value is -0.890. The van der Waals surface area contributed by atoms with Gasteiger partial charge in [0.2, 0.25) is 0 Å². The van der Waals surface area contributed by atoms with E-state index in [1.165, 1.54) is 0 Å². The van der Waals surface area contributed by atoms with Crippen LogP contribution in [-0.2, 0) is 6.42 Å². The van der Waals surface area contributed by atoms with Crippen molar-refractivity contribution >= 4 is 0 Å². The second kappa shape index (κ2) is 4.88. The van der Waals surface area contributed by atoms with Crippen LogP contribution in [0.15, 0.2) is 24.4 Å². The number of hydrogen-bond donors (Lipinski definition) is 1. The van der Waals surface area contributed by atoms with Crippen LogP contribution in [-0.4, -0.2) is 17.6 Å². The van der Waals surface area contributed by atoms with Crippen LogP contribution in [0.2, 0.25) is 0 Å². The minimum Gasteiger partial charge on any atom is -0.314 e. The van der Waals surface area contributed by atoms with Crippen molar-refractivity contribution in [3.05, 3.63) is 30.1 Å². The van der Waals surface area contributed by atoms with Gasteiger partial charge in [-0.1, -0.05) is 19.9 Å². The summed E-state index contributed by atoms with van der Waals surface area (Å²) in [5.41, 5.74) is 1.16. The normalized spacial score (nSPS) is 10.6. The van der Waals surface area contributed by atoms with Crippen molar-refractivity contribution in [3.8, 4) is 0 Å². The van der Waals surface area contributed by atoms with Crippen LogP contribution in [0.25, 0.3) is 0 Å². The summed E-state index contributed by atoms with van der Waals surface area (Å²) in [6.45, 7) is 5.31. The smallest absolute Gasteiger partial charge is 0.0416 e. The highest BCUT2D eigenvalue weighted by Crippen LogP contribution is 1.93. The molecular weight excluding hydrogens is 148 g/mol. The molecule has 1 aromatic heterocycles. The fourth-order valence-electron chi connectivity index (χ4n) is 1.03. The third-order valence-corrected chi connectivity index (χ3v) is 1.66. The van der Waals surface area contributed by atoms with Gasteiger partial charge in [-0.2, -0.15) is 0 Å². The zero-order valence-corrected chi connectivity index (χ0v) is 7.75. The summed E-state index contributed by atoms with van der Waals surface area (Å²) in [5.74, 6) is 0. The van der Waals surface area contributed by atoms with Gasteiger partial charge >= 0.3 is 0 Å². The molecule has 0 saturated carbocycles. The molecule has 0 saturated heterocycles. The van der Waals surface area contributed by atoms with Gasteiger partial charge in [-0.3, -0.25) is 4.98 Å². The van der Waals surface area contributed by atoms with Gasteiger partial charge in [0.05, 0.1) is 0 Å². The molecule has 0 aliphatic heterocycles. The maximum absolute atomic E-state index is 4.24. The third-order valence-electron chi connectivity index (χ3n) is 1.66. The van der Waals surface area contributed by atoms with Gasteiger partial charge in [0, 0.05) is 32.3 Å². The first-order valence-electron chi connectivity index (χ1n) is 4.42. The highest BCUT2D eigenvalue weighted by atomic mass is 14.9. The molecule has 1 rings (SSSR count). The maximum atomic E-state index is 4.24. The molecule has 0 spiro atoms. The zero-order chi connectivity index (χ0) is 8.81. The highest BCUT2D eigenvalue weighted by Gasteiger charge is 1.93. The van der Waals surface area contributed by atoms with E-state index in [4.69, 9.17) is 0 Å². The third kappa shape index (κ3) is 3.49. The first-order valence-corrected chi connectivity index (χ1v) is 4.42. The highest BCUT2D eigenvalue weighted by molar-refractivity contribution is 5.03. The Kier molecular flexibility index (Phi) is 3.74. The van der Waals surface area contributed by atoms with Crippen molar-refractivity contribution in [2.24, 2.45) is 0 Å². The van der Waals surface area contributed by atoms with E-state index in [0.717, 1.165) is 18.7 Å². The Morgan fingerprint density at radius 1 is 1.50 bits per heavy atom. The molecule has 2 nitrogen and oxygen atoms in total. The molecule has 0 fully saturated rings. The minimum atomic E-state index is 0. The van der Waals surface area contributed by atoms with E-state index >= 15 is 0 Å². The predicted octanol–water partition coefficient (Wildman–Crippen LogP) is 1.87. The van der Waals surface area contributed by atoms with E-state index in [2.05, 4.69) is 30.2 Å². The molecule has 0 aliphatic rings. The fourth-order valence-corrected chi connectivity index (χ4v) is 1.03. The number of aromatic nitrogens is 1. The molecular formula is C10H18N2. The van der Waals surface area contributed by atoms with Crippen molar-refractivity contribution < 1.29 is 1.43 Å².